The van der Waals surface area contributed by atoms with Crippen LogP contribution in [0.2, 0.25) is 0 Å². The minimum atomic E-state index is 0.283. The zero-order valence-corrected chi connectivity index (χ0v) is 15.2. The van der Waals surface area contributed by atoms with Crippen molar-refractivity contribution in [2.24, 2.45) is 0 Å². The van der Waals surface area contributed by atoms with Crippen molar-refractivity contribution < 1.29 is 9.72 Å². The molecular formula is C21H19N4O+. The number of allylic oxidation sites excluding steroid dienone is 3. The molecule has 0 unspecified atom stereocenters. The Kier molecular flexibility index (Phi) is 4.24. The van der Waals surface area contributed by atoms with Gasteiger partial charge < -0.3 is 4.74 Å². The fourth-order valence-corrected chi connectivity index (χ4v) is 3.43. The predicted molar refractivity (Wildman–Crippen MR) is 101 cm³/mol. The number of nitrogen functional groups attached to an aromatic ring is 1. The Morgan fingerprint density at radius 2 is 1.88 bits per heavy atom. The summed E-state index contributed by atoms with van der Waals surface area (Å²) in [4.78, 5) is 3.04. The lowest BCUT2D eigenvalue weighted by atomic mass is 9.95. The SMILES string of the molecule is COc1ccc(C=C2C(C)=C(C#N)c3[nH+]c(N)c(C#N)c(C)c32)cc1C. The van der Waals surface area contributed by atoms with Crippen LogP contribution in [0.15, 0.2) is 23.8 Å². The highest BCUT2D eigenvalue weighted by molar-refractivity contribution is 6.07. The van der Waals surface area contributed by atoms with Crippen LogP contribution in [0.25, 0.3) is 17.2 Å². The number of aromatic nitrogens is 1. The molecule has 0 amide bonds. The number of fused-ring (bicyclic) bond motifs is 1. The molecule has 128 valence electrons. The molecule has 2 aromatic rings. The third-order valence-electron chi connectivity index (χ3n) is 4.78. The van der Waals surface area contributed by atoms with Crippen molar-refractivity contribution in [2.75, 3.05) is 12.8 Å². The van der Waals surface area contributed by atoms with E-state index < -0.39 is 0 Å². The van der Waals surface area contributed by atoms with Gasteiger partial charge in [0.1, 0.15) is 29.0 Å². The van der Waals surface area contributed by atoms with Crippen LogP contribution in [0.5, 0.6) is 5.75 Å². The maximum absolute atomic E-state index is 9.61. The molecule has 0 atom stereocenters. The number of nitriles is 2. The number of methoxy groups -OCH3 is 1. The second kappa shape index (κ2) is 6.38. The number of nitrogens with zero attached hydrogens (tertiary/aromatic N) is 2. The average molecular weight is 343 g/mol. The number of aryl methyl sites for hydroxylation is 1. The van der Waals surface area contributed by atoms with Gasteiger partial charge in [-0.3, -0.25) is 5.73 Å². The first-order valence-corrected chi connectivity index (χ1v) is 8.16. The minimum absolute atomic E-state index is 0.283. The standard InChI is InChI=1S/C21H18N4O/c1-11-7-14(5-6-18(11)26-4)8-15-12(2)16(9-22)20-19(15)13(3)17(10-23)21(24)25-20/h5-8H,1-4H3,(H2,24,25)/p+1. The number of ether oxygens (including phenoxy) is 1. The molecule has 1 aromatic heterocycles. The zero-order chi connectivity index (χ0) is 19.0. The molecule has 1 aromatic carbocycles. The summed E-state index contributed by atoms with van der Waals surface area (Å²) in [5.41, 5.74) is 13.1. The molecule has 0 saturated heterocycles. The van der Waals surface area contributed by atoms with Crippen molar-refractivity contribution in [1.82, 2.24) is 0 Å². The van der Waals surface area contributed by atoms with Crippen LogP contribution in [-0.2, 0) is 0 Å². The van der Waals surface area contributed by atoms with Crippen molar-refractivity contribution in [3.8, 4) is 17.9 Å². The van der Waals surface area contributed by atoms with Gasteiger partial charge in [-0.05, 0) is 66.8 Å². The number of anilines is 1. The second-order valence-corrected chi connectivity index (χ2v) is 6.30. The van der Waals surface area contributed by atoms with Crippen LogP contribution in [0, 0.1) is 36.5 Å². The van der Waals surface area contributed by atoms with E-state index in [1.807, 2.05) is 45.0 Å². The first-order chi connectivity index (χ1) is 12.4. The van der Waals surface area contributed by atoms with E-state index in [0.717, 1.165) is 39.1 Å². The number of hydrogen-bond donors (Lipinski definition) is 1. The summed E-state index contributed by atoms with van der Waals surface area (Å²) in [5, 5.41) is 19.0. The third kappa shape index (κ3) is 2.51. The molecule has 1 aliphatic carbocycles. The Hall–Kier alpha value is -3.57. The number of nitrogens with one attached hydrogen (secondary N) is 1. The van der Waals surface area contributed by atoms with Gasteiger partial charge in [-0.1, -0.05) is 6.07 Å². The van der Waals surface area contributed by atoms with Gasteiger partial charge in [-0.25, -0.2) is 4.98 Å². The number of aromatic amines is 1. The molecule has 0 fully saturated rings. The molecule has 5 heteroatoms. The number of benzene rings is 1. The van der Waals surface area contributed by atoms with Gasteiger partial charge in [-0.2, -0.15) is 10.5 Å². The summed E-state index contributed by atoms with van der Waals surface area (Å²) < 4.78 is 5.32. The number of H-pyrrole nitrogens is 1. The molecule has 1 aliphatic rings. The number of nitrogens with two attached hydrogens (primary N) is 1. The topological polar surface area (TPSA) is 97.0 Å². The normalized spacial score (nSPS) is 14.2. The van der Waals surface area contributed by atoms with E-state index in [1.54, 1.807) is 7.11 Å². The second-order valence-electron chi connectivity index (χ2n) is 6.30. The molecule has 0 radical (unpaired) electrons. The highest BCUT2D eigenvalue weighted by Crippen LogP contribution is 2.42. The number of hydrogen-bond acceptors (Lipinski definition) is 4. The van der Waals surface area contributed by atoms with Crippen LogP contribution in [0.3, 0.4) is 0 Å². The molecule has 26 heavy (non-hydrogen) atoms. The van der Waals surface area contributed by atoms with E-state index >= 15 is 0 Å². The minimum Gasteiger partial charge on any atom is -0.496 e. The van der Waals surface area contributed by atoms with Crippen LogP contribution in [0.4, 0.5) is 5.82 Å². The molecule has 0 aliphatic heterocycles. The van der Waals surface area contributed by atoms with E-state index in [4.69, 9.17) is 10.5 Å². The van der Waals surface area contributed by atoms with Crippen LogP contribution in [-0.4, -0.2) is 7.11 Å². The lowest BCUT2D eigenvalue weighted by Gasteiger charge is -2.09. The van der Waals surface area contributed by atoms with Crippen molar-refractivity contribution in [3.05, 3.63) is 57.3 Å². The van der Waals surface area contributed by atoms with Gasteiger partial charge in [0.15, 0.2) is 5.69 Å². The van der Waals surface area contributed by atoms with Gasteiger partial charge in [0, 0.05) is 5.56 Å². The number of pyridine rings is 1. The summed E-state index contributed by atoms with van der Waals surface area (Å²) in [6.45, 7) is 5.76. The number of rotatable bonds is 2. The maximum Gasteiger partial charge on any atom is 0.289 e. The van der Waals surface area contributed by atoms with E-state index in [9.17, 15) is 10.5 Å². The average Bonchev–Trinajstić information content (AvgIpc) is 2.86. The maximum atomic E-state index is 9.61. The molecule has 1 heterocycles. The van der Waals surface area contributed by atoms with E-state index in [0.29, 0.717) is 16.8 Å². The van der Waals surface area contributed by atoms with Crippen molar-refractivity contribution in [3.63, 3.8) is 0 Å². The van der Waals surface area contributed by atoms with Crippen molar-refractivity contribution in [2.45, 2.75) is 20.8 Å². The Bertz CT molecular complexity index is 1080. The molecular weight excluding hydrogens is 324 g/mol. The summed E-state index contributed by atoms with van der Waals surface area (Å²) >= 11 is 0. The summed E-state index contributed by atoms with van der Waals surface area (Å²) in [5.74, 6) is 1.11. The smallest absolute Gasteiger partial charge is 0.289 e. The van der Waals surface area contributed by atoms with Crippen LogP contribution < -0.4 is 15.5 Å². The zero-order valence-electron chi connectivity index (χ0n) is 15.2. The van der Waals surface area contributed by atoms with Gasteiger partial charge in [0.2, 0.25) is 0 Å². The highest BCUT2D eigenvalue weighted by Gasteiger charge is 2.32. The first-order valence-electron chi connectivity index (χ1n) is 8.16. The lowest BCUT2D eigenvalue weighted by Crippen LogP contribution is -2.20. The molecule has 0 spiro atoms. The van der Waals surface area contributed by atoms with Gasteiger partial charge in [0.25, 0.3) is 5.82 Å². The van der Waals surface area contributed by atoms with Crippen LogP contribution >= 0.6 is 0 Å². The largest absolute Gasteiger partial charge is 0.496 e. The molecule has 0 saturated carbocycles. The van der Waals surface area contributed by atoms with Gasteiger partial charge >= 0.3 is 0 Å². The summed E-state index contributed by atoms with van der Waals surface area (Å²) in [7, 11) is 1.65. The summed E-state index contributed by atoms with van der Waals surface area (Å²) in [6.07, 6.45) is 2.03. The fourth-order valence-electron chi connectivity index (χ4n) is 3.43. The first kappa shape index (κ1) is 17.3. The van der Waals surface area contributed by atoms with Gasteiger partial charge in [-0.15, -0.1) is 0 Å². The van der Waals surface area contributed by atoms with E-state index in [-0.39, 0.29) is 5.82 Å². The molecule has 5 nitrogen and oxygen atoms in total. The monoisotopic (exact) mass is 343 g/mol. The third-order valence-corrected chi connectivity index (χ3v) is 4.78. The Morgan fingerprint density at radius 3 is 2.46 bits per heavy atom. The molecule has 3 N–H and O–H groups in total. The molecule has 3 rings (SSSR count). The Balaban J connectivity index is 2.28. The van der Waals surface area contributed by atoms with Crippen molar-refractivity contribution in [1.29, 1.82) is 10.5 Å². The van der Waals surface area contributed by atoms with Gasteiger partial charge in [0.05, 0.1) is 7.11 Å². The van der Waals surface area contributed by atoms with E-state index in [2.05, 4.69) is 17.1 Å². The Morgan fingerprint density at radius 1 is 1.15 bits per heavy atom. The molecule has 0 bridgehead atoms. The van der Waals surface area contributed by atoms with E-state index in [1.165, 1.54) is 0 Å². The fraction of sp³-hybridized carbons (Fsp3) is 0.190. The lowest BCUT2D eigenvalue weighted by molar-refractivity contribution is -0.364. The summed E-state index contributed by atoms with van der Waals surface area (Å²) in [6, 6.07) is 10.3. The Labute approximate surface area is 152 Å². The predicted octanol–water partition coefficient (Wildman–Crippen LogP) is 3.43. The highest BCUT2D eigenvalue weighted by atomic mass is 16.5. The van der Waals surface area contributed by atoms with Crippen molar-refractivity contribution >= 4 is 23.0 Å². The van der Waals surface area contributed by atoms with Crippen LogP contribution in [0.1, 0.15) is 40.4 Å². The quantitative estimate of drug-likeness (QED) is 0.903.